The van der Waals surface area contributed by atoms with E-state index in [4.69, 9.17) is 20.9 Å². The highest BCUT2D eigenvalue weighted by Gasteiger charge is 2.08. The first-order valence-corrected chi connectivity index (χ1v) is 9.33. The van der Waals surface area contributed by atoms with Crippen LogP contribution in [-0.2, 0) is 6.42 Å². The van der Waals surface area contributed by atoms with Crippen molar-refractivity contribution < 1.29 is 9.26 Å². The number of halogens is 2. The molecule has 2 aromatic carbocycles. The molecule has 0 atom stereocenters. The fourth-order valence-electron chi connectivity index (χ4n) is 2.44. The molecule has 1 heterocycles. The Morgan fingerprint density at radius 3 is 2.52 bits per heavy atom. The summed E-state index contributed by atoms with van der Waals surface area (Å²) in [4.78, 5) is 8.59. The normalized spacial score (nSPS) is 10.9. The van der Waals surface area contributed by atoms with E-state index in [1.54, 1.807) is 19.2 Å². The highest BCUT2D eigenvalue weighted by molar-refractivity contribution is 14.0. The Morgan fingerprint density at radius 2 is 1.79 bits per heavy atom. The SMILES string of the molecule is CN=C(NCCOc1ccccc1)NCCc1nc(-c2ccc(Cl)cc2)no1.I. The van der Waals surface area contributed by atoms with Crippen molar-refractivity contribution >= 4 is 41.5 Å². The van der Waals surface area contributed by atoms with E-state index >= 15 is 0 Å². The molecule has 7 nitrogen and oxygen atoms in total. The van der Waals surface area contributed by atoms with Gasteiger partial charge in [-0.2, -0.15) is 4.98 Å². The van der Waals surface area contributed by atoms with Crippen molar-refractivity contribution in [2.24, 2.45) is 4.99 Å². The molecule has 154 valence electrons. The van der Waals surface area contributed by atoms with Crippen LogP contribution >= 0.6 is 35.6 Å². The van der Waals surface area contributed by atoms with Gasteiger partial charge in [0.15, 0.2) is 5.96 Å². The fraction of sp³-hybridized carbons (Fsp3) is 0.250. The second kappa shape index (κ2) is 12.3. The molecular weight excluding hydrogens is 505 g/mol. The van der Waals surface area contributed by atoms with Gasteiger partial charge in [0.1, 0.15) is 12.4 Å². The molecule has 1 aromatic heterocycles. The summed E-state index contributed by atoms with van der Waals surface area (Å²) in [6, 6.07) is 17.0. The zero-order valence-corrected chi connectivity index (χ0v) is 19.1. The van der Waals surface area contributed by atoms with Crippen LogP contribution in [0.2, 0.25) is 5.02 Å². The van der Waals surface area contributed by atoms with Gasteiger partial charge in [-0.1, -0.05) is 35.0 Å². The van der Waals surface area contributed by atoms with E-state index in [1.807, 2.05) is 42.5 Å². The molecule has 3 rings (SSSR count). The lowest BCUT2D eigenvalue weighted by Crippen LogP contribution is -2.40. The van der Waals surface area contributed by atoms with Crippen LogP contribution in [-0.4, -0.2) is 42.8 Å². The maximum Gasteiger partial charge on any atom is 0.228 e. The monoisotopic (exact) mass is 527 g/mol. The first kappa shape index (κ1) is 23.0. The van der Waals surface area contributed by atoms with Gasteiger partial charge in [0, 0.05) is 30.6 Å². The lowest BCUT2D eigenvalue weighted by atomic mass is 10.2. The van der Waals surface area contributed by atoms with Crippen LogP contribution in [0, 0.1) is 0 Å². The summed E-state index contributed by atoms with van der Waals surface area (Å²) in [5.41, 5.74) is 0.864. The third-order valence-corrected chi connectivity index (χ3v) is 4.08. The van der Waals surface area contributed by atoms with Crippen LogP contribution in [0.3, 0.4) is 0 Å². The molecule has 0 unspecified atom stereocenters. The summed E-state index contributed by atoms with van der Waals surface area (Å²) in [5, 5.41) is 11.1. The van der Waals surface area contributed by atoms with Gasteiger partial charge in [-0.25, -0.2) is 0 Å². The Bertz CT molecular complexity index is 887. The van der Waals surface area contributed by atoms with Gasteiger partial charge < -0.3 is 19.9 Å². The number of hydrogen-bond donors (Lipinski definition) is 2. The van der Waals surface area contributed by atoms with Crippen LogP contribution < -0.4 is 15.4 Å². The summed E-state index contributed by atoms with van der Waals surface area (Å²) in [7, 11) is 1.72. The molecule has 2 N–H and O–H groups in total. The first-order chi connectivity index (χ1) is 13.7. The standard InChI is InChI=1S/C20H22ClN5O2.HI/c1-22-20(24-13-14-27-17-5-3-2-4-6-17)23-12-11-18-25-19(26-28-18)15-7-9-16(21)10-8-15;/h2-10H,11-14H2,1H3,(H2,22,23,24);1H. The minimum absolute atomic E-state index is 0. The number of nitrogens with one attached hydrogen (secondary N) is 2. The van der Waals surface area contributed by atoms with Gasteiger partial charge in [-0.05, 0) is 36.4 Å². The van der Waals surface area contributed by atoms with Gasteiger partial charge in [-0.15, -0.1) is 24.0 Å². The molecule has 0 aliphatic heterocycles. The molecule has 0 spiro atoms. The summed E-state index contributed by atoms with van der Waals surface area (Å²) in [5.74, 6) is 2.64. The van der Waals surface area contributed by atoms with Crippen LogP contribution in [0.15, 0.2) is 64.1 Å². The second-order valence-corrected chi connectivity index (χ2v) is 6.29. The molecule has 9 heteroatoms. The molecule has 0 fully saturated rings. The fourth-order valence-corrected chi connectivity index (χ4v) is 2.56. The Hall–Kier alpha value is -2.33. The van der Waals surface area contributed by atoms with Gasteiger partial charge in [0.25, 0.3) is 0 Å². The summed E-state index contributed by atoms with van der Waals surface area (Å²) >= 11 is 5.90. The molecule has 3 aromatic rings. The number of rotatable bonds is 8. The zero-order valence-electron chi connectivity index (χ0n) is 16.0. The second-order valence-electron chi connectivity index (χ2n) is 5.86. The Balaban J connectivity index is 0.00000300. The molecular formula is C20H23ClIN5O2. The average molecular weight is 528 g/mol. The topological polar surface area (TPSA) is 84.6 Å². The van der Waals surface area contributed by atoms with Crippen molar-refractivity contribution in [2.75, 3.05) is 26.7 Å². The number of nitrogens with zero attached hydrogens (tertiary/aromatic N) is 3. The lowest BCUT2D eigenvalue weighted by molar-refractivity contribution is 0.322. The minimum atomic E-state index is 0. The Labute approximate surface area is 191 Å². The molecule has 0 aliphatic carbocycles. The van der Waals surface area contributed by atoms with Gasteiger partial charge >= 0.3 is 0 Å². The third kappa shape index (κ3) is 7.54. The van der Waals surface area contributed by atoms with E-state index in [-0.39, 0.29) is 24.0 Å². The number of aromatic nitrogens is 2. The Morgan fingerprint density at radius 1 is 1.07 bits per heavy atom. The molecule has 29 heavy (non-hydrogen) atoms. The predicted octanol–water partition coefficient (Wildman–Crippen LogP) is 3.79. The molecule has 0 radical (unpaired) electrons. The van der Waals surface area contributed by atoms with Crippen LogP contribution in [0.1, 0.15) is 5.89 Å². The van der Waals surface area contributed by atoms with Crippen LogP contribution in [0.5, 0.6) is 5.75 Å². The largest absolute Gasteiger partial charge is 0.492 e. The van der Waals surface area contributed by atoms with E-state index in [9.17, 15) is 0 Å². The van der Waals surface area contributed by atoms with E-state index in [2.05, 4.69) is 25.8 Å². The maximum absolute atomic E-state index is 5.90. The smallest absolute Gasteiger partial charge is 0.228 e. The quantitative estimate of drug-likeness (QED) is 0.201. The molecule has 0 saturated heterocycles. The summed E-state index contributed by atoms with van der Waals surface area (Å²) in [6.07, 6.45) is 0.585. The molecule has 0 bridgehead atoms. The highest BCUT2D eigenvalue weighted by Crippen LogP contribution is 2.18. The number of benzene rings is 2. The van der Waals surface area contributed by atoms with Gasteiger partial charge in [0.05, 0.1) is 6.54 Å². The minimum Gasteiger partial charge on any atom is -0.492 e. The van der Waals surface area contributed by atoms with Gasteiger partial charge in [-0.3, -0.25) is 4.99 Å². The number of para-hydroxylation sites is 1. The van der Waals surface area contributed by atoms with Crippen molar-refractivity contribution in [2.45, 2.75) is 6.42 Å². The number of hydrogen-bond acceptors (Lipinski definition) is 5. The van der Waals surface area contributed by atoms with E-state index in [1.165, 1.54) is 0 Å². The van der Waals surface area contributed by atoms with Gasteiger partial charge in [0.2, 0.25) is 11.7 Å². The Kier molecular flexibility index (Phi) is 9.72. The van der Waals surface area contributed by atoms with Crippen LogP contribution in [0.25, 0.3) is 11.4 Å². The van der Waals surface area contributed by atoms with E-state index < -0.39 is 0 Å². The summed E-state index contributed by atoms with van der Waals surface area (Å²) in [6.45, 7) is 1.79. The maximum atomic E-state index is 5.90. The number of aliphatic imine (C=N–C) groups is 1. The van der Waals surface area contributed by atoms with Crippen LogP contribution in [0.4, 0.5) is 0 Å². The van der Waals surface area contributed by atoms with Crippen molar-refractivity contribution in [1.29, 1.82) is 0 Å². The lowest BCUT2D eigenvalue weighted by Gasteiger charge is -2.11. The van der Waals surface area contributed by atoms with Crippen molar-refractivity contribution in [3.8, 4) is 17.1 Å². The zero-order chi connectivity index (χ0) is 19.6. The summed E-state index contributed by atoms with van der Waals surface area (Å²) < 4.78 is 10.9. The molecule has 0 amide bonds. The average Bonchev–Trinajstić information content (AvgIpc) is 3.20. The van der Waals surface area contributed by atoms with E-state index in [0.717, 1.165) is 11.3 Å². The van der Waals surface area contributed by atoms with Crippen molar-refractivity contribution in [3.63, 3.8) is 0 Å². The van der Waals surface area contributed by atoms with E-state index in [0.29, 0.717) is 48.8 Å². The number of ether oxygens (including phenoxy) is 1. The predicted molar refractivity (Wildman–Crippen MR) is 125 cm³/mol. The number of guanidine groups is 1. The first-order valence-electron chi connectivity index (χ1n) is 8.95. The molecule has 0 aliphatic rings. The highest BCUT2D eigenvalue weighted by atomic mass is 127. The van der Waals surface area contributed by atoms with Crippen molar-refractivity contribution in [3.05, 3.63) is 65.5 Å². The van der Waals surface area contributed by atoms with Crippen molar-refractivity contribution in [1.82, 2.24) is 20.8 Å². The third-order valence-electron chi connectivity index (χ3n) is 3.83. The molecule has 0 saturated carbocycles.